The summed E-state index contributed by atoms with van der Waals surface area (Å²) in [6.45, 7) is 3.47. The maximum atomic E-state index is 11.8. The van der Waals surface area contributed by atoms with Gasteiger partial charge in [0.2, 0.25) is 5.91 Å². The summed E-state index contributed by atoms with van der Waals surface area (Å²) >= 11 is 0. The van der Waals surface area contributed by atoms with Gasteiger partial charge in [-0.25, -0.2) is 4.79 Å². The molecule has 0 saturated carbocycles. The smallest absolute Gasteiger partial charge is 0.328 e. The molecule has 116 valence electrons. The molecule has 0 aliphatic rings. The minimum absolute atomic E-state index is 0.102. The number of nitrogens with one attached hydrogen (secondary N) is 1. The summed E-state index contributed by atoms with van der Waals surface area (Å²) < 4.78 is 0. The Balaban J connectivity index is 2.56. The molecule has 0 bridgehead atoms. The van der Waals surface area contributed by atoms with Crippen LogP contribution in [-0.4, -0.2) is 34.2 Å². The Morgan fingerprint density at radius 3 is 2.24 bits per heavy atom. The Morgan fingerprint density at radius 1 is 1.19 bits per heavy atom. The number of aryl methyl sites for hydroxylation is 1. The van der Waals surface area contributed by atoms with Crippen LogP contribution in [0, 0.1) is 0 Å². The first-order valence-corrected chi connectivity index (χ1v) is 7.22. The minimum Gasteiger partial charge on any atom is -0.480 e. The first-order chi connectivity index (χ1) is 9.93. The highest BCUT2D eigenvalue weighted by Gasteiger charge is 2.24. The third-order valence-electron chi connectivity index (χ3n) is 3.27. The molecule has 2 unspecified atom stereocenters. The summed E-state index contributed by atoms with van der Waals surface area (Å²) in [5.41, 5.74) is 2.05. The Hall–Kier alpha value is -1.88. The summed E-state index contributed by atoms with van der Waals surface area (Å²) in [4.78, 5) is 22.7. The highest BCUT2D eigenvalue weighted by atomic mass is 16.4. The van der Waals surface area contributed by atoms with Crippen molar-refractivity contribution in [3.8, 4) is 0 Å². The van der Waals surface area contributed by atoms with E-state index in [4.69, 9.17) is 5.11 Å². The number of benzene rings is 1. The fourth-order valence-electron chi connectivity index (χ4n) is 2.00. The molecule has 0 spiro atoms. The standard InChI is InChI=1S/C16H23NO4/c1-3-4-5-12-6-8-13(9-7-12)10-14(19)17-15(11(2)18)16(20)21/h6-9,11,15,18H,3-5,10H2,1-2H3,(H,17,19)(H,20,21). The van der Waals surface area contributed by atoms with Gasteiger partial charge in [0, 0.05) is 0 Å². The van der Waals surface area contributed by atoms with Crippen LogP contribution in [0.2, 0.25) is 0 Å². The Kier molecular flexibility index (Phi) is 6.88. The number of aliphatic carboxylic acids is 1. The van der Waals surface area contributed by atoms with Crippen molar-refractivity contribution in [2.75, 3.05) is 0 Å². The molecule has 1 aromatic carbocycles. The average molecular weight is 293 g/mol. The van der Waals surface area contributed by atoms with Gasteiger partial charge in [0.25, 0.3) is 0 Å². The number of aliphatic hydroxyl groups is 1. The number of amides is 1. The molecule has 0 aliphatic heterocycles. The lowest BCUT2D eigenvalue weighted by Gasteiger charge is -2.17. The lowest BCUT2D eigenvalue weighted by molar-refractivity contribution is -0.144. The van der Waals surface area contributed by atoms with E-state index in [0.29, 0.717) is 0 Å². The maximum Gasteiger partial charge on any atom is 0.328 e. The molecule has 0 aromatic heterocycles. The lowest BCUT2D eigenvalue weighted by atomic mass is 10.0. The fourth-order valence-corrected chi connectivity index (χ4v) is 2.00. The van der Waals surface area contributed by atoms with Crippen LogP contribution < -0.4 is 5.32 Å². The van der Waals surface area contributed by atoms with Crippen LogP contribution >= 0.6 is 0 Å². The van der Waals surface area contributed by atoms with Gasteiger partial charge in [0.1, 0.15) is 0 Å². The Labute approximate surface area is 125 Å². The van der Waals surface area contributed by atoms with Gasteiger partial charge in [-0.15, -0.1) is 0 Å². The summed E-state index contributed by atoms with van der Waals surface area (Å²) in [6, 6.07) is 6.45. The SMILES string of the molecule is CCCCc1ccc(CC(=O)NC(C(=O)O)C(C)O)cc1. The highest BCUT2D eigenvalue weighted by Crippen LogP contribution is 2.08. The quantitative estimate of drug-likeness (QED) is 0.678. The van der Waals surface area contributed by atoms with Crippen LogP contribution in [0.5, 0.6) is 0 Å². The van der Waals surface area contributed by atoms with Crippen molar-refractivity contribution in [3.63, 3.8) is 0 Å². The number of hydrogen-bond donors (Lipinski definition) is 3. The lowest BCUT2D eigenvalue weighted by Crippen LogP contribution is -2.48. The average Bonchev–Trinajstić information content (AvgIpc) is 2.43. The van der Waals surface area contributed by atoms with Crippen molar-refractivity contribution in [3.05, 3.63) is 35.4 Å². The van der Waals surface area contributed by atoms with Crippen molar-refractivity contribution in [2.45, 2.75) is 51.7 Å². The van der Waals surface area contributed by atoms with E-state index in [0.717, 1.165) is 24.8 Å². The summed E-state index contributed by atoms with van der Waals surface area (Å²) in [7, 11) is 0. The van der Waals surface area contributed by atoms with Crippen molar-refractivity contribution in [1.82, 2.24) is 5.32 Å². The largest absolute Gasteiger partial charge is 0.480 e. The molecule has 0 radical (unpaired) electrons. The number of carbonyl (C=O) groups excluding carboxylic acids is 1. The van der Waals surface area contributed by atoms with E-state index in [9.17, 15) is 14.7 Å². The number of carboxylic acid groups (broad SMARTS) is 1. The molecule has 3 N–H and O–H groups in total. The third kappa shape index (κ3) is 5.95. The van der Waals surface area contributed by atoms with E-state index >= 15 is 0 Å². The number of carboxylic acids is 1. The van der Waals surface area contributed by atoms with Gasteiger partial charge in [-0.2, -0.15) is 0 Å². The van der Waals surface area contributed by atoms with Crippen LogP contribution in [0.15, 0.2) is 24.3 Å². The number of carbonyl (C=O) groups is 2. The molecule has 1 amide bonds. The van der Waals surface area contributed by atoms with E-state index in [1.54, 1.807) is 0 Å². The molecule has 2 atom stereocenters. The van der Waals surface area contributed by atoms with E-state index < -0.39 is 24.0 Å². The first-order valence-electron chi connectivity index (χ1n) is 7.22. The fraction of sp³-hybridized carbons (Fsp3) is 0.500. The van der Waals surface area contributed by atoms with Crippen LogP contribution in [0.25, 0.3) is 0 Å². The predicted octanol–water partition coefficient (Wildman–Crippen LogP) is 1.52. The van der Waals surface area contributed by atoms with Crippen LogP contribution in [-0.2, 0) is 22.4 Å². The molecular formula is C16H23NO4. The van der Waals surface area contributed by atoms with E-state index in [1.807, 2.05) is 24.3 Å². The van der Waals surface area contributed by atoms with Gasteiger partial charge in [0.15, 0.2) is 6.04 Å². The van der Waals surface area contributed by atoms with Crippen LogP contribution in [0.1, 0.15) is 37.8 Å². The van der Waals surface area contributed by atoms with E-state index in [2.05, 4.69) is 12.2 Å². The van der Waals surface area contributed by atoms with Gasteiger partial charge in [0.05, 0.1) is 12.5 Å². The molecule has 0 fully saturated rings. The van der Waals surface area contributed by atoms with Gasteiger partial charge in [-0.05, 0) is 30.9 Å². The molecule has 0 heterocycles. The first kappa shape index (κ1) is 17.2. The molecule has 0 saturated heterocycles. The van der Waals surface area contributed by atoms with Crippen molar-refractivity contribution in [1.29, 1.82) is 0 Å². The molecule has 5 heteroatoms. The number of hydrogen-bond acceptors (Lipinski definition) is 3. The zero-order valence-electron chi connectivity index (χ0n) is 12.5. The van der Waals surface area contributed by atoms with Crippen LogP contribution in [0.4, 0.5) is 0 Å². The van der Waals surface area contributed by atoms with Gasteiger partial charge >= 0.3 is 5.97 Å². The minimum atomic E-state index is -1.28. The van der Waals surface area contributed by atoms with E-state index in [1.165, 1.54) is 12.5 Å². The summed E-state index contributed by atoms with van der Waals surface area (Å²) in [5, 5.41) is 20.5. The topological polar surface area (TPSA) is 86.6 Å². The molecule has 0 aliphatic carbocycles. The van der Waals surface area contributed by atoms with Gasteiger partial charge in [-0.3, -0.25) is 4.79 Å². The van der Waals surface area contributed by atoms with Crippen molar-refractivity contribution < 1.29 is 19.8 Å². The Bertz CT molecular complexity index is 468. The van der Waals surface area contributed by atoms with Gasteiger partial charge < -0.3 is 15.5 Å². The van der Waals surface area contributed by atoms with Crippen molar-refractivity contribution in [2.24, 2.45) is 0 Å². The van der Waals surface area contributed by atoms with Crippen LogP contribution in [0.3, 0.4) is 0 Å². The Morgan fingerprint density at radius 2 is 1.76 bits per heavy atom. The molecule has 1 rings (SSSR count). The van der Waals surface area contributed by atoms with E-state index in [-0.39, 0.29) is 6.42 Å². The number of unbranched alkanes of at least 4 members (excludes halogenated alkanes) is 1. The summed E-state index contributed by atoms with van der Waals surface area (Å²) in [5.74, 6) is -1.65. The molecule has 21 heavy (non-hydrogen) atoms. The second-order valence-corrected chi connectivity index (χ2v) is 5.22. The zero-order valence-corrected chi connectivity index (χ0v) is 12.5. The zero-order chi connectivity index (χ0) is 15.8. The predicted molar refractivity (Wildman–Crippen MR) is 80.0 cm³/mol. The summed E-state index contributed by atoms with van der Waals surface area (Å²) in [6.07, 6.45) is 2.26. The molecule has 1 aromatic rings. The number of aliphatic hydroxyl groups excluding tert-OH is 1. The highest BCUT2D eigenvalue weighted by molar-refractivity contribution is 5.85. The number of rotatable bonds is 8. The maximum absolute atomic E-state index is 11.8. The second kappa shape index (κ2) is 8.42. The van der Waals surface area contributed by atoms with Crippen molar-refractivity contribution >= 4 is 11.9 Å². The second-order valence-electron chi connectivity index (χ2n) is 5.22. The molecule has 5 nitrogen and oxygen atoms in total. The monoisotopic (exact) mass is 293 g/mol. The van der Waals surface area contributed by atoms with Gasteiger partial charge in [-0.1, -0.05) is 37.6 Å². The normalized spacial score (nSPS) is 13.5. The third-order valence-corrected chi connectivity index (χ3v) is 3.27. The molecular weight excluding hydrogens is 270 g/mol.